The topological polar surface area (TPSA) is 79.3 Å². The van der Waals surface area contributed by atoms with Crippen molar-refractivity contribution in [2.75, 3.05) is 5.32 Å². The van der Waals surface area contributed by atoms with Gasteiger partial charge >= 0.3 is 0 Å². The van der Waals surface area contributed by atoms with Crippen molar-refractivity contribution in [3.8, 4) is 5.75 Å². The maximum absolute atomic E-state index is 13.2. The molecule has 6 heteroatoms. The molecule has 0 spiro atoms. The zero-order valence-electron chi connectivity index (χ0n) is 20.5. The van der Waals surface area contributed by atoms with Gasteiger partial charge in [0.05, 0.1) is 0 Å². The molecule has 3 aliphatic carbocycles. The summed E-state index contributed by atoms with van der Waals surface area (Å²) in [4.78, 5) is 31.0. The van der Waals surface area contributed by atoms with Crippen LogP contribution in [-0.2, 0) is 22.4 Å². The molecule has 34 heavy (non-hydrogen) atoms. The number of benzene rings is 1. The minimum Gasteiger partial charge on any atom is -0.508 e. The van der Waals surface area contributed by atoms with E-state index in [1.807, 2.05) is 13.0 Å². The summed E-state index contributed by atoms with van der Waals surface area (Å²) in [5.74, 6) is 2.65. The Kier molecular flexibility index (Phi) is 6.30. The number of anilines is 1. The van der Waals surface area contributed by atoms with Gasteiger partial charge in [-0.25, -0.2) is 4.98 Å². The van der Waals surface area contributed by atoms with Crippen molar-refractivity contribution >= 4 is 28.2 Å². The Balaban J connectivity index is 1.30. The van der Waals surface area contributed by atoms with Crippen molar-refractivity contribution < 1.29 is 14.7 Å². The van der Waals surface area contributed by atoms with Crippen LogP contribution in [-0.4, -0.2) is 21.8 Å². The van der Waals surface area contributed by atoms with Gasteiger partial charge in [0.1, 0.15) is 11.5 Å². The molecule has 0 aliphatic heterocycles. The van der Waals surface area contributed by atoms with Gasteiger partial charge in [-0.15, -0.1) is 11.3 Å². The Morgan fingerprint density at radius 3 is 2.88 bits per heavy atom. The molecule has 182 valence electrons. The van der Waals surface area contributed by atoms with E-state index in [2.05, 4.69) is 30.2 Å². The van der Waals surface area contributed by atoms with Gasteiger partial charge < -0.3 is 10.4 Å². The zero-order valence-corrected chi connectivity index (χ0v) is 21.3. The van der Waals surface area contributed by atoms with Gasteiger partial charge in [0.15, 0.2) is 5.13 Å². The largest absolute Gasteiger partial charge is 0.508 e. The molecule has 3 aliphatic rings. The number of Topliss-reactive ketones (excluding diaryl/α,β-unsaturated/α-hetero) is 1. The molecule has 2 N–H and O–H groups in total. The van der Waals surface area contributed by atoms with Crippen LogP contribution in [0.5, 0.6) is 5.75 Å². The number of carbonyl (C=O) groups is 2. The third-order valence-electron chi connectivity index (χ3n) is 9.00. The molecule has 2 saturated carbocycles. The molecule has 0 unspecified atom stereocenters. The fourth-order valence-corrected chi connectivity index (χ4v) is 8.06. The van der Waals surface area contributed by atoms with Crippen LogP contribution in [0, 0.1) is 30.1 Å². The second-order valence-corrected chi connectivity index (χ2v) is 12.2. The van der Waals surface area contributed by atoms with Gasteiger partial charge in [0.25, 0.3) is 0 Å². The molecule has 2 aromatic rings. The average Bonchev–Trinajstić information content (AvgIpc) is 3.32. The lowest BCUT2D eigenvalue weighted by Gasteiger charge is -2.50. The lowest BCUT2D eigenvalue weighted by molar-refractivity contribution is -0.129. The number of aryl methyl sites for hydroxylation is 3. The van der Waals surface area contributed by atoms with E-state index < -0.39 is 0 Å². The monoisotopic (exact) mass is 480 g/mol. The lowest BCUT2D eigenvalue weighted by atomic mass is 9.54. The molecule has 1 aromatic heterocycles. The predicted octanol–water partition coefficient (Wildman–Crippen LogP) is 6.18. The number of hydrogen-bond donors (Lipinski definition) is 2. The van der Waals surface area contributed by atoms with E-state index in [-0.39, 0.29) is 11.3 Å². The van der Waals surface area contributed by atoms with Gasteiger partial charge in [0, 0.05) is 29.3 Å². The second-order valence-electron chi connectivity index (χ2n) is 10.9. The van der Waals surface area contributed by atoms with Gasteiger partial charge in [0.2, 0.25) is 5.91 Å². The van der Waals surface area contributed by atoms with Crippen molar-refractivity contribution in [2.45, 2.75) is 84.5 Å². The fourth-order valence-electron chi connectivity index (χ4n) is 7.38. The highest BCUT2D eigenvalue weighted by atomic mass is 32.1. The van der Waals surface area contributed by atoms with Crippen LogP contribution in [0.2, 0.25) is 0 Å². The van der Waals surface area contributed by atoms with Crippen LogP contribution >= 0.6 is 11.3 Å². The van der Waals surface area contributed by atoms with Crippen LogP contribution < -0.4 is 5.32 Å². The van der Waals surface area contributed by atoms with Crippen LogP contribution in [0.25, 0.3) is 0 Å². The van der Waals surface area contributed by atoms with Crippen molar-refractivity contribution in [1.29, 1.82) is 0 Å². The number of aromatic nitrogens is 1. The summed E-state index contributed by atoms with van der Waals surface area (Å²) in [5.41, 5.74) is 3.54. The lowest BCUT2D eigenvalue weighted by Crippen LogP contribution is -2.44. The molecule has 1 heterocycles. The van der Waals surface area contributed by atoms with E-state index >= 15 is 0 Å². The summed E-state index contributed by atoms with van der Waals surface area (Å²) >= 11 is 1.50. The predicted molar refractivity (Wildman–Crippen MR) is 135 cm³/mol. The van der Waals surface area contributed by atoms with Crippen molar-refractivity contribution in [1.82, 2.24) is 4.98 Å². The van der Waals surface area contributed by atoms with E-state index in [0.717, 1.165) is 55.4 Å². The van der Waals surface area contributed by atoms with E-state index in [1.165, 1.54) is 22.5 Å². The number of fused-ring (bicyclic) bond motifs is 5. The third-order valence-corrected chi connectivity index (χ3v) is 9.82. The molecule has 5 atom stereocenters. The van der Waals surface area contributed by atoms with Crippen LogP contribution in [0.15, 0.2) is 18.3 Å². The summed E-state index contributed by atoms with van der Waals surface area (Å²) in [7, 11) is 0. The van der Waals surface area contributed by atoms with Gasteiger partial charge in [-0.1, -0.05) is 19.9 Å². The number of ketones is 1. The highest BCUT2D eigenvalue weighted by molar-refractivity contribution is 7.15. The van der Waals surface area contributed by atoms with Crippen LogP contribution in [0.4, 0.5) is 5.13 Å². The second kappa shape index (κ2) is 9.10. The number of amides is 1. The first-order chi connectivity index (χ1) is 16.3. The van der Waals surface area contributed by atoms with Crippen LogP contribution in [0.3, 0.4) is 0 Å². The summed E-state index contributed by atoms with van der Waals surface area (Å²) in [6.45, 7) is 6.29. The maximum atomic E-state index is 13.2. The summed E-state index contributed by atoms with van der Waals surface area (Å²) < 4.78 is 0. The zero-order chi connectivity index (χ0) is 24.0. The minimum absolute atomic E-state index is 0.0152. The molecular weight excluding hydrogens is 444 g/mol. The number of thiazole rings is 1. The average molecular weight is 481 g/mol. The fraction of sp³-hybridized carbons (Fsp3) is 0.607. The molecule has 5 nitrogen and oxygen atoms in total. The Morgan fingerprint density at radius 1 is 1.32 bits per heavy atom. The minimum atomic E-state index is -0.214. The van der Waals surface area contributed by atoms with Gasteiger partial charge in [-0.05, 0) is 98.3 Å². The molecular formula is C28H36N2O3S. The van der Waals surface area contributed by atoms with Gasteiger partial charge in [-0.2, -0.15) is 0 Å². The number of nitrogens with zero attached hydrogens (tertiary/aromatic N) is 1. The standard InChI is InChI=1S/C28H36N2O3S/c1-4-17-12-22-18(13-23(17)31)8-9-21-20(22)10-11-28(3)24(32)14-19(26(21)28)6-5-7-25(33)30-27-29-15-16(2)34-27/h12-13,15,19-21,26,31H,4-11,14H2,1-3H3,(H,29,30,33)/t19-,20+,21-,26+,28-/m1/s1. The Morgan fingerprint density at radius 2 is 2.15 bits per heavy atom. The molecule has 2 fully saturated rings. The quantitative estimate of drug-likeness (QED) is 0.517. The number of nitrogens with one attached hydrogen (secondary N) is 1. The normalized spacial score (nSPS) is 29.9. The van der Waals surface area contributed by atoms with E-state index in [4.69, 9.17) is 0 Å². The van der Waals surface area contributed by atoms with Crippen molar-refractivity contribution in [3.05, 3.63) is 39.9 Å². The smallest absolute Gasteiger partial charge is 0.226 e. The number of phenols is 1. The maximum Gasteiger partial charge on any atom is 0.226 e. The third kappa shape index (κ3) is 4.08. The Bertz CT molecular complexity index is 1110. The SMILES string of the molecule is CCc1cc2c(cc1O)CC[C@H]1[C@@H]3[C@H](CCCC(=O)Nc4ncc(C)s4)CC(=O)[C@@]3(C)CC[C@H]21. The molecule has 5 rings (SSSR count). The first kappa shape index (κ1) is 23.5. The number of carbonyl (C=O) groups excluding carboxylic acids is 2. The molecule has 0 radical (unpaired) electrons. The number of phenolic OH excluding ortho intramolecular Hbond substituents is 1. The summed E-state index contributed by atoms with van der Waals surface area (Å²) in [5, 5.41) is 14.0. The van der Waals surface area contributed by atoms with Crippen molar-refractivity contribution in [3.63, 3.8) is 0 Å². The first-order valence-corrected chi connectivity index (χ1v) is 13.7. The Hall–Kier alpha value is -2.21. The van der Waals surface area contributed by atoms with Crippen molar-refractivity contribution in [2.24, 2.45) is 23.2 Å². The van der Waals surface area contributed by atoms with E-state index in [9.17, 15) is 14.7 Å². The summed E-state index contributed by atoms with van der Waals surface area (Å²) in [6, 6.07) is 4.25. The number of rotatable bonds is 6. The van der Waals surface area contributed by atoms with E-state index in [1.54, 1.807) is 6.20 Å². The molecule has 1 aromatic carbocycles. The number of hydrogen-bond acceptors (Lipinski definition) is 5. The molecule has 0 bridgehead atoms. The van der Waals surface area contributed by atoms with Crippen LogP contribution in [0.1, 0.15) is 86.3 Å². The summed E-state index contributed by atoms with van der Waals surface area (Å²) in [6.07, 6.45) is 9.59. The number of aromatic hydroxyl groups is 1. The highest BCUT2D eigenvalue weighted by Crippen LogP contribution is 2.62. The highest BCUT2D eigenvalue weighted by Gasteiger charge is 2.58. The molecule has 0 saturated heterocycles. The Labute approximate surface area is 206 Å². The van der Waals surface area contributed by atoms with Gasteiger partial charge in [-0.3, -0.25) is 9.59 Å². The van der Waals surface area contributed by atoms with E-state index in [0.29, 0.717) is 53.2 Å². The first-order valence-electron chi connectivity index (χ1n) is 12.9. The molecule has 1 amide bonds.